The smallest absolute Gasteiger partial charge is 0.0723 e. The molecule has 3 aromatic carbocycles. The van der Waals surface area contributed by atoms with Crippen molar-refractivity contribution >= 4 is 34.0 Å². The molecule has 0 aliphatic carbocycles. The van der Waals surface area contributed by atoms with E-state index >= 15 is 0 Å². The molecule has 2 heterocycles. The second-order valence-electron chi connectivity index (χ2n) is 8.38. The van der Waals surface area contributed by atoms with Crippen molar-refractivity contribution in [3.63, 3.8) is 0 Å². The van der Waals surface area contributed by atoms with Crippen molar-refractivity contribution < 1.29 is 0 Å². The van der Waals surface area contributed by atoms with Crippen molar-refractivity contribution in [3.05, 3.63) is 91.1 Å². The van der Waals surface area contributed by atoms with E-state index in [-0.39, 0.29) is 0 Å². The van der Waals surface area contributed by atoms with Crippen molar-refractivity contribution in [2.24, 2.45) is 0 Å². The maximum atomic E-state index is 4.56. The molecule has 32 heavy (non-hydrogen) atoms. The van der Waals surface area contributed by atoms with Gasteiger partial charge in [0, 0.05) is 54.8 Å². The Morgan fingerprint density at radius 3 is 2.28 bits per heavy atom. The Morgan fingerprint density at radius 1 is 0.844 bits per heavy atom. The molecule has 0 bridgehead atoms. The van der Waals surface area contributed by atoms with Crippen LogP contribution in [0.1, 0.15) is 5.56 Å². The van der Waals surface area contributed by atoms with Crippen LogP contribution in [-0.4, -0.2) is 43.1 Å². The van der Waals surface area contributed by atoms with E-state index in [9.17, 15) is 0 Å². The molecule has 4 aromatic rings. The molecular weight excluding hydrogens is 392 g/mol. The molecule has 0 atom stereocenters. The van der Waals surface area contributed by atoms with E-state index in [0.29, 0.717) is 0 Å². The van der Waals surface area contributed by atoms with E-state index in [0.717, 1.165) is 54.0 Å². The Labute approximate surface area is 189 Å². The zero-order valence-corrected chi connectivity index (χ0v) is 18.5. The standard InChI is InChI=1S/C28H28N4/c1-3-21-4-6-22(7-5-21)23-8-13-27-26(20-23)28(14-15-29-27)30-24-9-11-25(12-10-24)32-18-16-31(2)17-19-32/h3-15,20H,1,16-19H2,2H3,(H,29,30). The first-order valence-corrected chi connectivity index (χ1v) is 11.1. The van der Waals surface area contributed by atoms with Gasteiger partial charge in [0.1, 0.15) is 0 Å². The maximum absolute atomic E-state index is 4.56. The second kappa shape index (κ2) is 8.85. The first kappa shape index (κ1) is 20.3. The number of rotatable bonds is 5. The average molecular weight is 421 g/mol. The highest BCUT2D eigenvalue weighted by Gasteiger charge is 2.14. The van der Waals surface area contributed by atoms with Gasteiger partial charge in [-0.3, -0.25) is 4.98 Å². The monoisotopic (exact) mass is 420 g/mol. The number of pyridine rings is 1. The van der Waals surface area contributed by atoms with Crippen molar-refractivity contribution in [2.45, 2.75) is 0 Å². The third-order valence-electron chi connectivity index (χ3n) is 6.24. The Balaban J connectivity index is 1.40. The Morgan fingerprint density at radius 2 is 1.56 bits per heavy atom. The number of hydrogen-bond donors (Lipinski definition) is 1. The van der Waals surface area contributed by atoms with Crippen LogP contribution in [-0.2, 0) is 0 Å². The minimum Gasteiger partial charge on any atom is -0.369 e. The van der Waals surface area contributed by atoms with Gasteiger partial charge >= 0.3 is 0 Å². The molecule has 4 nitrogen and oxygen atoms in total. The van der Waals surface area contributed by atoms with Crippen LogP contribution in [0, 0.1) is 0 Å². The molecule has 0 radical (unpaired) electrons. The summed E-state index contributed by atoms with van der Waals surface area (Å²) in [6.07, 6.45) is 3.73. The molecule has 5 rings (SSSR count). The lowest BCUT2D eigenvalue weighted by Crippen LogP contribution is -2.44. The fourth-order valence-corrected chi connectivity index (χ4v) is 4.22. The van der Waals surface area contributed by atoms with E-state index in [1.807, 2.05) is 18.3 Å². The van der Waals surface area contributed by atoms with Gasteiger partial charge in [0.2, 0.25) is 0 Å². The van der Waals surface area contributed by atoms with Crippen molar-refractivity contribution in [1.82, 2.24) is 9.88 Å². The third-order valence-corrected chi connectivity index (χ3v) is 6.24. The lowest BCUT2D eigenvalue weighted by atomic mass is 10.0. The van der Waals surface area contributed by atoms with Gasteiger partial charge in [-0.05, 0) is 66.2 Å². The van der Waals surface area contributed by atoms with E-state index in [2.05, 4.69) is 100 Å². The van der Waals surface area contributed by atoms with Crippen LogP contribution in [0.4, 0.5) is 17.1 Å². The van der Waals surface area contributed by atoms with Crippen molar-refractivity contribution in [2.75, 3.05) is 43.4 Å². The molecular formula is C28H28N4. The van der Waals surface area contributed by atoms with Crippen LogP contribution in [0.3, 0.4) is 0 Å². The summed E-state index contributed by atoms with van der Waals surface area (Å²) >= 11 is 0. The quantitative estimate of drug-likeness (QED) is 0.426. The minimum atomic E-state index is 0.982. The van der Waals surface area contributed by atoms with Gasteiger partial charge in [-0.15, -0.1) is 0 Å². The molecule has 0 spiro atoms. The zero-order valence-electron chi connectivity index (χ0n) is 18.5. The highest BCUT2D eigenvalue weighted by molar-refractivity contribution is 5.95. The number of piperazine rings is 1. The highest BCUT2D eigenvalue weighted by Crippen LogP contribution is 2.30. The molecule has 1 saturated heterocycles. The number of fused-ring (bicyclic) bond motifs is 1. The lowest BCUT2D eigenvalue weighted by molar-refractivity contribution is 0.313. The van der Waals surface area contributed by atoms with Gasteiger partial charge in [0.05, 0.1) is 5.52 Å². The normalized spacial score (nSPS) is 14.5. The number of hydrogen-bond acceptors (Lipinski definition) is 4. The summed E-state index contributed by atoms with van der Waals surface area (Å²) in [7, 11) is 2.19. The van der Waals surface area contributed by atoms with Gasteiger partial charge in [-0.25, -0.2) is 0 Å². The van der Waals surface area contributed by atoms with Gasteiger partial charge in [-0.2, -0.15) is 0 Å². The predicted molar refractivity (Wildman–Crippen MR) is 137 cm³/mol. The molecule has 160 valence electrons. The number of benzene rings is 3. The Kier molecular flexibility index (Phi) is 5.61. The highest BCUT2D eigenvalue weighted by atomic mass is 15.2. The Hall–Kier alpha value is -3.63. The summed E-state index contributed by atoms with van der Waals surface area (Å²) in [6, 6.07) is 25.7. The molecule has 0 amide bonds. The molecule has 0 saturated carbocycles. The van der Waals surface area contributed by atoms with Gasteiger partial charge in [0.25, 0.3) is 0 Å². The van der Waals surface area contributed by atoms with E-state index in [4.69, 9.17) is 0 Å². The average Bonchev–Trinajstić information content (AvgIpc) is 2.85. The summed E-state index contributed by atoms with van der Waals surface area (Å²) < 4.78 is 0. The topological polar surface area (TPSA) is 31.4 Å². The summed E-state index contributed by atoms with van der Waals surface area (Å²) in [6.45, 7) is 8.22. The number of nitrogens with zero attached hydrogens (tertiary/aromatic N) is 3. The predicted octanol–water partition coefficient (Wildman–Crippen LogP) is 6.04. The lowest BCUT2D eigenvalue weighted by Gasteiger charge is -2.34. The summed E-state index contributed by atoms with van der Waals surface area (Å²) in [5.41, 5.74) is 7.89. The fourth-order valence-electron chi connectivity index (χ4n) is 4.22. The summed E-state index contributed by atoms with van der Waals surface area (Å²) in [4.78, 5) is 9.40. The van der Waals surface area contributed by atoms with Crippen LogP contribution in [0.2, 0.25) is 0 Å². The van der Waals surface area contributed by atoms with Gasteiger partial charge in [-0.1, -0.05) is 43.0 Å². The number of likely N-dealkylation sites (N-methyl/N-ethyl adjacent to an activating group) is 1. The Bertz CT molecular complexity index is 1220. The van der Waals surface area contributed by atoms with E-state index in [1.165, 1.54) is 16.8 Å². The third kappa shape index (κ3) is 4.23. The minimum absolute atomic E-state index is 0.982. The molecule has 1 aromatic heterocycles. The second-order valence-corrected chi connectivity index (χ2v) is 8.38. The van der Waals surface area contributed by atoms with Gasteiger partial charge in [0.15, 0.2) is 0 Å². The fraction of sp³-hybridized carbons (Fsp3) is 0.179. The molecule has 1 N–H and O–H groups in total. The van der Waals surface area contributed by atoms with Crippen LogP contribution in [0.5, 0.6) is 0 Å². The number of aromatic nitrogens is 1. The van der Waals surface area contributed by atoms with Crippen LogP contribution in [0.25, 0.3) is 28.1 Å². The van der Waals surface area contributed by atoms with Gasteiger partial charge < -0.3 is 15.1 Å². The van der Waals surface area contributed by atoms with E-state index < -0.39 is 0 Å². The van der Waals surface area contributed by atoms with Crippen LogP contribution < -0.4 is 10.2 Å². The molecule has 0 unspecified atom stereocenters. The van der Waals surface area contributed by atoms with Crippen LogP contribution in [0.15, 0.2) is 85.6 Å². The number of anilines is 3. The maximum Gasteiger partial charge on any atom is 0.0723 e. The zero-order chi connectivity index (χ0) is 21.9. The van der Waals surface area contributed by atoms with Crippen LogP contribution >= 0.6 is 0 Å². The largest absolute Gasteiger partial charge is 0.369 e. The molecule has 4 heteroatoms. The molecule has 1 fully saturated rings. The molecule has 1 aliphatic heterocycles. The first-order valence-electron chi connectivity index (χ1n) is 11.1. The SMILES string of the molecule is C=Cc1ccc(-c2ccc3nccc(Nc4ccc(N5CCN(C)CC5)cc4)c3c2)cc1. The van der Waals surface area contributed by atoms with Crippen molar-refractivity contribution in [3.8, 4) is 11.1 Å². The number of nitrogens with one attached hydrogen (secondary N) is 1. The van der Waals surface area contributed by atoms with Crippen molar-refractivity contribution in [1.29, 1.82) is 0 Å². The summed E-state index contributed by atoms with van der Waals surface area (Å²) in [5.74, 6) is 0. The first-order chi connectivity index (χ1) is 15.7. The summed E-state index contributed by atoms with van der Waals surface area (Å²) in [5, 5.41) is 4.71. The van der Waals surface area contributed by atoms with E-state index in [1.54, 1.807) is 0 Å². The molecule has 1 aliphatic rings.